The molecule has 1 saturated heterocycles. The van der Waals surface area contributed by atoms with E-state index in [1.54, 1.807) is 6.26 Å². The van der Waals surface area contributed by atoms with Gasteiger partial charge in [-0.1, -0.05) is 12.1 Å². The largest absolute Gasteiger partial charge is 0.487 e. The van der Waals surface area contributed by atoms with Gasteiger partial charge in [0.1, 0.15) is 30.0 Å². The number of rotatable bonds is 11. The minimum absolute atomic E-state index is 0.360. The Morgan fingerprint density at radius 2 is 2.15 bits per heavy atom. The topological polar surface area (TPSA) is 106 Å². The van der Waals surface area contributed by atoms with Crippen LogP contribution in [0.25, 0.3) is 5.70 Å². The zero-order chi connectivity index (χ0) is 23.8. The van der Waals surface area contributed by atoms with Crippen LogP contribution in [0.5, 0.6) is 5.75 Å². The fourth-order valence-electron chi connectivity index (χ4n) is 2.75. The molecule has 0 amide bonds. The molecule has 4 rings (SSSR count). The van der Waals surface area contributed by atoms with Crippen molar-refractivity contribution in [2.45, 2.75) is 19.6 Å². The van der Waals surface area contributed by atoms with Crippen molar-refractivity contribution in [2.75, 3.05) is 25.7 Å². The van der Waals surface area contributed by atoms with Crippen molar-refractivity contribution in [3.05, 3.63) is 64.7 Å². The van der Waals surface area contributed by atoms with Gasteiger partial charge in [0.15, 0.2) is 6.39 Å². The van der Waals surface area contributed by atoms with Crippen molar-refractivity contribution >= 4 is 47.4 Å². The Bertz CT molecular complexity index is 1020. The Hall–Kier alpha value is -2.83. The van der Waals surface area contributed by atoms with Gasteiger partial charge < -0.3 is 24.5 Å². The summed E-state index contributed by atoms with van der Waals surface area (Å²) < 4.78 is 16.3. The summed E-state index contributed by atoms with van der Waals surface area (Å²) in [5, 5.41) is 10.7. The molecule has 9 nitrogen and oxygen atoms in total. The molecule has 1 aliphatic rings. The first-order valence-electron chi connectivity index (χ1n) is 10.6. The highest BCUT2D eigenvalue weighted by Gasteiger charge is 2.05. The lowest BCUT2D eigenvalue weighted by Crippen LogP contribution is -2.37. The summed E-state index contributed by atoms with van der Waals surface area (Å²) in [6.45, 7) is 11.3. The zero-order valence-electron chi connectivity index (χ0n) is 18.8. The Morgan fingerprint density at radius 3 is 2.79 bits per heavy atom. The van der Waals surface area contributed by atoms with Gasteiger partial charge in [0.2, 0.25) is 5.13 Å². The number of hydrogen-bond donors (Lipinski definition) is 2. The van der Waals surface area contributed by atoms with Crippen LogP contribution < -0.4 is 15.4 Å². The van der Waals surface area contributed by atoms with Crippen LogP contribution in [0.2, 0.25) is 0 Å². The minimum atomic E-state index is 0.360. The molecular weight excluding hydrogens is 472 g/mol. The van der Waals surface area contributed by atoms with Crippen molar-refractivity contribution in [1.29, 1.82) is 0 Å². The van der Waals surface area contributed by atoms with Crippen LogP contribution >= 0.6 is 23.1 Å². The van der Waals surface area contributed by atoms with E-state index in [0.29, 0.717) is 30.0 Å². The molecule has 2 N–H and O–H groups in total. The second kappa shape index (κ2) is 15.1. The Morgan fingerprint density at radius 1 is 1.26 bits per heavy atom. The molecule has 0 bridgehead atoms. The second-order valence-electron chi connectivity index (χ2n) is 6.91. The van der Waals surface area contributed by atoms with Crippen molar-refractivity contribution in [1.82, 2.24) is 20.6 Å². The van der Waals surface area contributed by atoms with Gasteiger partial charge in [-0.15, -0.1) is 23.1 Å². The average molecular weight is 501 g/mol. The molecule has 0 atom stereocenters. The fraction of sp³-hybridized carbons (Fsp3) is 0.304. The molecule has 1 aliphatic heterocycles. The number of hydrogen-bond acceptors (Lipinski definition) is 11. The van der Waals surface area contributed by atoms with E-state index >= 15 is 0 Å². The standard InChI is InChI=1S/C19H18N4O3S2.C4H10N2/c1-20-17(18-11-28-19(21-2)23-18)10-27-13-25-7-14-4-3-5-16(6-14)26-9-15-8-24-12-22-15;1-2-5-4-6-3-1/h3-6,8,10-12H,1-2,7,9,13H2;5-6H,1-4H2/b17-10-;. The molecule has 2 aromatic heterocycles. The number of benzene rings is 1. The first-order chi connectivity index (χ1) is 16.8. The quantitative estimate of drug-likeness (QED) is 0.226. The van der Waals surface area contributed by atoms with Gasteiger partial charge in [-0.3, -0.25) is 4.99 Å². The van der Waals surface area contributed by atoms with E-state index in [0.717, 1.165) is 29.4 Å². The molecule has 3 heterocycles. The van der Waals surface area contributed by atoms with Crippen LogP contribution in [0.4, 0.5) is 5.13 Å². The predicted molar refractivity (Wildman–Crippen MR) is 139 cm³/mol. The molecule has 0 aliphatic carbocycles. The molecule has 1 fully saturated rings. The lowest BCUT2D eigenvalue weighted by Gasteiger charge is -2.11. The maximum Gasteiger partial charge on any atom is 0.209 e. The third-order valence-electron chi connectivity index (χ3n) is 4.40. The number of nitrogens with one attached hydrogen (secondary N) is 2. The molecule has 0 saturated carbocycles. The normalized spacial score (nSPS) is 13.6. The zero-order valence-corrected chi connectivity index (χ0v) is 20.4. The van der Waals surface area contributed by atoms with Crippen LogP contribution in [0, 0.1) is 0 Å². The van der Waals surface area contributed by atoms with Crippen molar-refractivity contribution in [3.8, 4) is 5.75 Å². The molecule has 0 unspecified atom stereocenters. The molecular formula is C23H28N6O3S2. The fourth-order valence-corrected chi connectivity index (χ4v) is 3.97. The Kier molecular flexibility index (Phi) is 11.5. The highest BCUT2D eigenvalue weighted by Crippen LogP contribution is 2.26. The van der Waals surface area contributed by atoms with Crippen molar-refractivity contribution < 1.29 is 13.9 Å². The lowest BCUT2D eigenvalue weighted by atomic mass is 10.2. The second-order valence-corrected chi connectivity index (χ2v) is 8.56. The first-order valence-corrected chi connectivity index (χ1v) is 12.5. The summed E-state index contributed by atoms with van der Waals surface area (Å²) in [6, 6.07) is 7.75. The van der Waals surface area contributed by atoms with E-state index in [1.165, 1.54) is 49.0 Å². The predicted octanol–water partition coefficient (Wildman–Crippen LogP) is 4.48. The molecule has 180 valence electrons. The molecule has 1 aromatic carbocycles. The average Bonchev–Trinajstić information content (AvgIpc) is 3.59. The van der Waals surface area contributed by atoms with E-state index in [9.17, 15) is 0 Å². The Labute approximate surface area is 207 Å². The summed E-state index contributed by atoms with van der Waals surface area (Å²) in [4.78, 5) is 16.1. The number of aliphatic imine (C=N–C) groups is 2. The highest BCUT2D eigenvalue weighted by atomic mass is 32.2. The van der Waals surface area contributed by atoms with Crippen molar-refractivity contribution in [3.63, 3.8) is 0 Å². The number of thiazole rings is 1. The van der Waals surface area contributed by atoms with Crippen LogP contribution in [-0.2, 0) is 18.0 Å². The van der Waals surface area contributed by atoms with Crippen molar-refractivity contribution in [2.24, 2.45) is 9.98 Å². The van der Waals surface area contributed by atoms with Gasteiger partial charge in [-0.2, -0.15) is 0 Å². The first kappa shape index (κ1) is 25.8. The van der Waals surface area contributed by atoms with Gasteiger partial charge in [0.05, 0.1) is 18.2 Å². The summed E-state index contributed by atoms with van der Waals surface area (Å²) in [5.74, 6) is 1.23. The van der Waals surface area contributed by atoms with E-state index in [-0.39, 0.29) is 0 Å². The molecule has 3 aromatic rings. The van der Waals surface area contributed by atoms with E-state index < -0.39 is 0 Å². The number of ether oxygens (including phenoxy) is 2. The molecule has 0 radical (unpaired) electrons. The maximum absolute atomic E-state index is 5.71. The maximum atomic E-state index is 5.71. The van der Waals surface area contributed by atoms with Crippen LogP contribution in [-0.4, -0.2) is 49.1 Å². The third kappa shape index (κ3) is 9.20. The van der Waals surface area contributed by atoms with Gasteiger partial charge in [0, 0.05) is 17.5 Å². The van der Waals surface area contributed by atoms with E-state index in [4.69, 9.17) is 13.9 Å². The highest BCUT2D eigenvalue weighted by molar-refractivity contribution is 8.02. The summed E-state index contributed by atoms with van der Waals surface area (Å²) in [6.07, 6.45) is 4.22. The number of aromatic nitrogens is 2. The SMILES string of the molecule is C1CNCNC1.C=N/C(=C\SCOCc1cccc(OCc2cocn2)c1)c1csc(N=C)n1. The number of nitrogens with zero attached hydrogens (tertiary/aromatic N) is 4. The number of thioether (sulfide) groups is 1. The molecule has 0 spiro atoms. The minimum Gasteiger partial charge on any atom is -0.487 e. The van der Waals surface area contributed by atoms with Crippen LogP contribution in [0.15, 0.2) is 62.1 Å². The number of oxazole rings is 1. The molecule has 34 heavy (non-hydrogen) atoms. The van der Waals surface area contributed by atoms with Gasteiger partial charge in [0.25, 0.3) is 0 Å². The summed E-state index contributed by atoms with van der Waals surface area (Å²) >= 11 is 2.89. The van der Waals surface area contributed by atoms with Gasteiger partial charge in [-0.05, 0) is 50.6 Å². The summed E-state index contributed by atoms with van der Waals surface area (Å²) in [7, 11) is 0. The Balaban J connectivity index is 0.000000469. The van der Waals surface area contributed by atoms with E-state index in [1.807, 2.05) is 35.1 Å². The van der Waals surface area contributed by atoms with Crippen LogP contribution in [0.3, 0.4) is 0 Å². The monoisotopic (exact) mass is 500 g/mol. The van der Waals surface area contributed by atoms with Gasteiger partial charge in [-0.25, -0.2) is 15.0 Å². The van der Waals surface area contributed by atoms with E-state index in [2.05, 4.69) is 44.0 Å². The molecule has 11 heteroatoms. The third-order valence-corrected chi connectivity index (χ3v) is 5.87. The smallest absolute Gasteiger partial charge is 0.209 e. The van der Waals surface area contributed by atoms with Gasteiger partial charge >= 0.3 is 0 Å². The van der Waals surface area contributed by atoms with Crippen LogP contribution in [0.1, 0.15) is 23.4 Å². The summed E-state index contributed by atoms with van der Waals surface area (Å²) in [5.41, 5.74) is 3.17. The lowest BCUT2D eigenvalue weighted by molar-refractivity contribution is 0.169.